The standard InChI is InChI=1S/C7H8FN3/c1-9-11-5-6-3-2-4-10-7(6)8/h2-5,9H,1H3. The van der Waals surface area contributed by atoms with Crippen molar-refractivity contribution in [2.75, 3.05) is 7.05 Å². The zero-order valence-corrected chi connectivity index (χ0v) is 6.08. The Labute approximate surface area is 64.0 Å². The Kier molecular flexibility index (Phi) is 2.54. The van der Waals surface area contributed by atoms with E-state index in [9.17, 15) is 4.39 Å². The molecule has 11 heavy (non-hydrogen) atoms. The highest BCUT2D eigenvalue weighted by Gasteiger charge is 1.95. The van der Waals surface area contributed by atoms with E-state index in [0.717, 1.165) is 0 Å². The molecule has 58 valence electrons. The summed E-state index contributed by atoms with van der Waals surface area (Å²) in [6, 6.07) is 3.25. The summed E-state index contributed by atoms with van der Waals surface area (Å²) in [6.45, 7) is 0. The lowest BCUT2D eigenvalue weighted by Crippen LogP contribution is -1.97. The third kappa shape index (κ3) is 2.00. The number of aromatic nitrogens is 1. The number of rotatable bonds is 2. The van der Waals surface area contributed by atoms with Crippen LogP contribution in [0.5, 0.6) is 0 Å². The van der Waals surface area contributed by atoms with E-state index in [1.165, 1.54) is 12.4 Å². The van der Waals surface area contributed by atoms with Crippen LogP contribution < -0.4 is 5.43 Å². The summed E-state index contributed by atoms with van der Waals surface area (Å²) in [7, 11) is 1.64. The largest absolute Gasteiger partial charge is 0.313 e. The van der Waals surface area contributed by atoms with E-state index >= 15 is 0 Å². The number of nitrogens with zero attached hydrogens (tertiary/aromatic N) is 2. The van der Waals surface area contributed by atoms with Gasteiger partial charge in [-0.05, 0) is 12.1 Å². The van der Waals surface area contributed by atoms with Crippen LogP contribution in [0.1, 0.15) is 5.56 Å². The van der Waals surface area contributed by atoms with Crippen molar-refractivity contribution < 1.29 is 4.39 Å². The molecule has 0 saturated heterocycles. The van der Waals surface area contributed by atoms with E-state index < -0.39 is 5.95 Å². The molecule has 1 rings (SSSR count). The van der Waals surface area contributed by atoms with Crippen molar-refractivity contribution in [2.24, 2.45) is 5.10 Å². The van der Waals surface area contributed by atoms with Crippen LogP contribution in [0.15, 0.2) is 23.4 Å². The summed E-state index contributed by atoms with van der Waals surface area (Å²) >= 11 is 0. The van der Waals surface area contributed by atoms with Crippen LogP contribution >= 0.6 is 0 Å². The van der Waals surface area contributed by atoms with Gasteiger partial charge in [-0.3, -0.25) is 0 Å². The van der Waals surface area contributed by atoms with E-state index in [0.29, 0.717) is 5.56 Å². The first-order valence-electron chi connectivity index (χ1n) is 3.15. The topological polar surface area (TPSA) is 37.3 Å². The first-order valence-corrected chi connectivity index (χ1v) is 3.15. The number of hydrazone groups is 1. The molecule has 0 fully saturated rings. The van der Waals surface area contributed by atoms with Crippen molar-refractivity contribution >= 4 is 6.21 Å². The van der Waals surface area contributed by atoms with E-state index in [1.54, 1.807) is 19.2 Å². The predicted octanol–water partition coefficient (Wildman–Crippen LogP) is 0.774. The maximum absolute atomic E-state index is 12.7. The van der Waals surface area contributed by atoms with Crippen molar-refractivity contribution in [3.63, 3.8) is 0 Å². The van der Waals surface area contributed by atoms with Gasteiger partial charge < -0.3 is 5.43 Å². The van der Waals surface area contributed by atoms with Crippen molar-refractivity contribution in [3.05, 3.63) is 29.8 Å². The van der Waals surface area contributed by atoms with Crippen LogP contribution in [0, 0.1) is 5.95 Å². The third-order valence-corrected chi connectivity index (χ3v) is 1.12. The predicted molar refractivity (Wildman–Crippen MR) is 40.8 cm³/mol. The van der Waals surface area contributed by atoms with Gasteiger partial charge in [0, 0.05) is 18.8 Å². The zero-order chi connectivity index (χ0) is 8.10. The van der Waals surface area contributed by atoms with Gasteiger partial charge in [-0.1, -0.05) is 0 Å². The van der Waals surface area contributed by atoms with Crippen molar-refractivity contribution in [1.29, 1.82) is 0 Å². The van der Waals surface area contributed by atoms with Gasteiger partial charge in [0.2, 0.25) is 5.95 Å². The second-order valence-electron chi connectivity index (χ2n) is 1.87. The van der Waals surface area contributed by atoms with Crippen molar-refractivity contribution in [2.45, 2.75) is 0 Å². The molecule has 3 nitrogen and oxygen atoms in total. The Balaban J connectivity index is 2.86. The molecule has 0 aliphatic heterocycles. The van der Waals surface area contributed by atoms with Gasteiger partial charge in [-0.25, -0.2) is 4.98 Å². The summed E-state index contributed by atoms with van der Waals surface area (Å²) in [6.07, 6.45) is 2.77. The van der Waals surface area contributed by atoms with Gasteiger partial charge in [0.25, 0.3) is 0 Å². The summed E-state index contributed by atoms with van der Waals surface area (Å²) in [5.41, 5.74) is 2.90. The Morgan fingerprint density at radius 2 is 2.55 bits per heavy atom. The van der Waals surface area contributed by atoms with E-state index in [1.807, 2.05) is 0 Å². The molecule has 0 amide bonds. The molecule has 4 heteroatoms. The lowest BCUT2D eigenvalue weighted by molar-refractivity contribution is 0.581. The molecule has 1 heterocycles. The average Bonchev–Trinajstić information content (AvgIpc) is 2.03. The van der Waals surface area contributed by atoms with Crippen LogP contribution in [0.25, 0.3) is 0 Å². The van der Waals surface area contributed by atoms with Crippen molar-refractivity contribution in [1.82, 2.24) is 10.4 Å². The highest BCUT2D eigenvalue weighted by atomic mass is 19.1. The summed E-state index contributed by atoms with van der Waals surface area (Å²) < 4.78 is 12.7. The highest BCUT2D eigenvalue weighted by Crippen LogP contribution is 1.98. The van der Waals surface area contributed by atoms with Gasteiger partial charge >= 0.3 is 0 Å². The molecule has 1 aromatic rings. The normalized spacial score (nSPS) is 10.4. The summed E-state index contributed by atoms with van der Waals surface area (Å²) in [5, 5.41) is 3.65. The Morgan fingerprint density at radius 1 is 1.73 bits per heavy atom. The smallest absolute Gasteiger partial charge is 0.221 e. The molecular weight excluding hydrogens is 145 g/mol. The molecule has 0 atom stereocenters. The van der Waals surface area contributed by atoms with E-state index in [2.05, 4.69) is 15.5 Å². The fraction of sp³-hybridized carbons (Fsp3) is 0.143. The molecular formula is C7H8FN3. The molecule has 0 saturated carbocycles. The van der Waals surface area contributed by atoms with Crippen LogP contribution in [0.2, 0.25) is 0 Å². The Morgan fingerprint density at radius 3 is 3.18 bits per heavy atom. The fourth-order valence-electron chi connectivity index (χ4n) is 0.629. The molecule has 1 aromatic heterocycles. The lowest BCUT2D eigenvalue weighted by atomic mass is 10.3. The average molecular weight is 153 g/mol. The Hall–Kier alpha value is -1.45. The monoisotopic (exact) mass is 153 g/mol. The SMILES string of the molecule is CNN=Cc1cccnc1F. The quantitative estimate of drug-likeness (QED) is 0.387. The number of hydrogen-bond donors (Lipinski definition) is 1. The number of hydrogen-bond acceptors (Lipinski definition) is 3. The molecule has 0 aromatic carbocycles. The molecule has 0 unspecified atom stereocenters. The van der Waals surface area contributed by atoms with Crippen molar-refractivity contribution in [3.8, 4) is 0 Å². The first-order chi connectivity index (χ1) is 5.34. The number of halogens is 1. The van der Waals surface area contributed by atoms with Gasteiger partial charge in [0.1, 0.15) is 0 Å². The number of pyridine rings is 1. The van der Waals surface area contributed by atoms with Crippen LogP contribution in [0.4, 0.5) is 4.39 Å². The fourth-order valence-corrected chi connectivity index (χ4v) is 0.629. The molecule has 0 spiro atoms. The van der Waals surface area contributed by atoms with E-state index in [-0.39, 0.29) is 0 Å². The first kappa shape index (κ1) is 7.65. The highest BCUT2D eigenvalue weighted by molar-refractivity contribution is 5.78. The summed E-state index contributed by atoms with van der Waals surface area (Å²) in [4.78, 5) is 3.45. The number of nitrogens with one attached hydrogen (secondary N) is 1. The lowest BCUT2D eigenvalue weighted by Gasteiger charge is -1.92. The van der Waals surface area contributed by atoms with Crippen LogP contribution in [-0.2, 0) is 0 Å². The minimum atomic E-state index is -0.508. The zero-order valence-electron chi connectivity index (χ0n) is 6.08. The van der Waals surface area contributed by atoms with Crippen LogP contribution in [-0.4, -0.2) is 18.2 Å². The molecule has 0 aliphatic carbocycles. The molecule has 0 bridgehead atoms. The van der Waals surface area contributed by atoms with Gasteiger partial charge in [0.15, 0.2) is 0 Å². The van der Waals surface area contributed by atoms with Crippen LogP contribution in [0.3, 0.4) is 0 Å². The second kappa shape index (κ2) is 3.65. The van der Waals surface area contributed by atoms with E-state index in [4.69, 9.17) is 0 Å². The minimum Gasteiger partial charge on any atom is -0.313 e. The molecule has 0 aliphatic rings. The maximum atomic E-state index is 12.7. The van der Waals surface area contributed by atoms with Gasteiger partial charge in [-0.15, -0.1) is 0 Å². The van der Waals surface area contributed by atoms with Gasteiger partial charge in [-0.2, -0.15) is 9.49 Å². The Bertz CT molecular complexity index is 260. The van der Waals surface area contributed by atoms with Gasteiger partial charge in [0.05, 0.1) is 6.21 Å². The molecule has 0 radical (unpaired) electrons. The summed E-state index contributed by atoms with van der Waals surface area (Å²) in [5.74, 6) is -0.508. The molecule has 1 N–H and O–H groups in total. The second-order valence-corrected chi connectivity index (χ2v) is 1.87. The minimum absolute atomic E-state index is 0.377. The third-order valence-electron chi connectivity index (χ3n) is 1.12. The maximum Gasteiger partial charge on any atom is 0.221 e.